The number of carbonyl (C=O) groups is 1. The van der Waals surface area contributed by atoms with Gasteiger partial charge in [-0.1, -0.05) is 51.1 Å². The van der Waals surface area contributed by atoms with Crippen molar-refractivity contribution in [3.63, 3.8) is 0 Å². The quantitative estimate of drug-likeness (QED) is 0.260. The molecule has 43 heavy (non-hydrogen) atoms. The highest BCUT2D eigenvalue weighted by molar-refractivity contribution is 7.89. The molecular formula is C34H37N3O5S. The molecule has 2 aliphatic rings. The Kier molecular flexibility index (Phi) is 7.66. The molecule has 8 nitrogen and oxygen atoms in total. The van der Waals surface area contributed by atoms with Crippen LogP contribution in [0.3, 0.4) is 0 Å². The fraction of sp³-hybridized carbons (Fsp3) is 0.324. The average Bonchev–Trinajstić information content (AvgIpc) is 3.47. The second-order valence-corrected chi connectivity index (χ2v) is 14.0. The first-order valence-electron chi connectivity index (χ1n) is 14.6. The van der Waals surface area contributed by atoms with Crippen molar-refractivity contribution < 1.29 is 22.7 Å². The van der Waals surface area contributed by atoms with Gasteiger partial charge in [-0.25, -0.2) is 8.42 Å². The van der Waals surface area contributed by atoms with Crippen LogP contribution in [-0.4, -0.2) is 63.2 Å². The molecule has 0 unspecified atom stereocenters. The van der Waals surface area contributed by atoms with Crippen LogP contribution in [0.15, 0.2) is 77.8 Å². The van der Waals surface area contributed by atoms with Gasteiger partial charge in [0.05, 0.1) is 30.3 Å². The number of amides is 1. The first-order valence-corrected chi connectivity index (χ1v) is 16.0. The van der Waals surface area contributed by atoms with Gasteiger partial charge < -0.3 is 18.9 Å². The smallest absolute Gasteiger partial charge is 0.258 e. The van der Waals surface area contributed by atoms with E-state index in [4.69, 9.17) is 9.47 Å². The van der Waals surface area contributed by atoms with Crippen LogP contribution >= 0.6 is 0 Å². The molecule has 9 heteroatoms. The molecule has 6 rings (SSSR count). The molecule has 0 bridgehead atoms. The number of morpholine rings is 1. The molecule has 0 spiro atoms. The standard InChI is InChI=1S/C34H37N3O5S/c1-34(2,3)25-9-11-26(12-10-25)42-20-15-36-23-24(28-7-5-6-8-32(28)36)21-30-29-22-27(13-14-31(29)35(4)33(30)38)43(39,40)37-16-18-41-19-17-37/h5-14,21-23H,15-20H2,1-4H3/b30-21+. The second-order valence-electron chi connectivity index (χ2n) is 12.0. The number of benzene rings is 3. The van der Waals surface area contributed by atoms with E-state index in [1.165, 1.54) is 9.87 Å². The predicted molar refractivity (Wildman–Crippen MR) is 170 cm³/mol. The number of likely N-dealkylation sites (N-methyl/N-ethyl adjacent to an activating group) is 1. The van der Waals surface area contributed by atoms with E-state index < -0.39 is 10.0 Å². The molecule has 0 N–H and O–H groups in total. The molecule has 1 amide bonds. The zero-order valence-electron chi connectivity index (χ0n) is 25.0. The van der Waals surface area contributed by atoms with Crippen molar-refractivity contribution in [2.75, 3.05) is 44.9 Å². The highest BCUT2D eigenvalue weighted by Gasteiger charge is 2.33. The lowest BCUT2D eigenvalue weighted by Crippen LogP contribution is -2.40. The molecule has 224 valence electrons. The molecule has 1 saturated heterocycles. The Bertz CT molecular complexity index is 1810. The Morgan fingerprint density at radius 1 is 0.977 bits per heavy atom. The second kappa shape index (κ2) is 11.3. The largest absolute Gasteiger partial charge is 0.492 e. The third-order valence-electron chi connectivity index (χ3n) is 8.20. The van der Waals surface area contributed by atoms with E-state index in [-0.39, 0.29) is 16.2 Å². The number of anilines is 1. The average molecular weight is 600 g/mol. The third-order valence-corrected chi connectivity index (χ3v) is 10.1. The minimum atomic E-state index is -3.71. The fourth-order valence-electron chi connectivity index (χ4n) is 5.71. The van der Waals surface area contributed by atoms with Crippen molar-refractivity contribution >= 4 is 44.2 Å². The lowest BCUT2D eigenvalue weighted by atomic mass is 9.87. The zero-order chi connectivity index (χ0) is 30.4. The summed E-state index contributed by atoms with van der Waals surface area (Å²) >= 11 is 0. The highest BCUT2D eigenvalue weighted by Crippen LogP contribution is 2.39. The van der Waals surface area contributed by atoms with Crippen LogP contribution < -0.4 is 9.64 Å². The Labute approximate surface area is 253 Å². The molecule has 0 aliphatic carbocycles. The van der Waals surface area contributed by atoms with Crippen molar-refractivity contribution in [1.29, 1.82) is 0 Å². The van der Waals surface area contributed by atoms with Crippen LogP contribution in [0.5, 0.6) is 5.75 Å². The number of rotatable bonds is 7. The minimum absolute atomic E-state index is 0.0854. The summed E-state index contributed by atoms with van der Waals surface area (Å²) in [6.45, 7) is 9.04. The number of fused-ring (bicyclic) bond motifs is 2. The molecule has 4 aromatic rings. The maximum Gasteiger partial charge on any atom is 0.258 e. The number of aromatic nitrogens is 1. The van der Waals surface area contributed by atoms with Gasteiger partial charge in [-0.2, -0.15) is 4.31 Å². The van der Waals surface area contributed by atoms with Gasteiger partial charge in [0.15, 0.2) is 0 Å². The zero-order valence-corrected chi connectivity index (χ0v) is 25.9. The van der Waals surface area contributed by atoms with E-state index in [1.807, 2.05) is 42.6 Å². The fourth-order valence-corrected chi connectivity index (χ4v) is 7.14. The van der Waals surface area contributed by atoms with Crippen LogP contribution in [0.25, 0.3) is 22.6 Å². The van der Waals surface area contributed by atoms with E-state index >= 15 is 0 Å². The first-order chi connectivity index (χ1) is 20.5. The van der Waals surface area contributed by atoms with E-state index in [2.05, 4.69) is 43.5 Å². The molecule has 0 saturated carbocycles. The van der Waals surface area contributed by atoms with Gasteiger partial charge in [-0.15, -0.1) is 0 Å². The van der Waals surface area contributed by atoms with Gasteiger partial charge >= 0.3 is 0 Å². The highest BCUT2D eigenvalue weighted by atomic mass is 32.2. The Morgan fingerprint density at radius 3 is 2.42 bits per heavy atom. The summed E-state index contributed by atoms with van der Waals surface area (Å²) in [7, 11) is -2.00. The third kappa shape index (κ3) is 5.60. The van der Waals surface area contributed by atoms with Gasteiger partial charge in [0, 0.05) is 53.9 Å². The summed E-state index contributed by atoms with van der Waals surface area (Å²) in [6.07, 6.45) is 3.91. The van der Waals surface area contributed by atoms with Crippen molar-refractivity contribution in [2.24, 2.45) is 0 Å². The summed E-state index contributed by atoms with van der Waals surface area (Å²) in [4.78, 5) is 15.2. The van der Waals surface area contributed by atoms with E-state index in [0.717, 1.165) is 22.2 Å². The molecule has 0 radical (unpaired) electrons. The maximum atomic E-state index is 13.4. The number of hydrogen-bond acceptors (Lipinski definition) is 5. The van der Waals surface area contributed by atoms with E-state index in [1.54, 1.807) is 30.1 Å². The van der Waals surface area contributed by atoms with E-state index in [9.17, 15) is 13.2 Å². The molecule has 1 fully saturated rings. The summed E-state index contributed by atoms with van der Waals surface area (Å²) in [5.74, 6) is 0.653. The van der Waals surface area contributed by atoms with Gasteiger partial charge in [0.25, 0.3) is 5.91 Å². The molecule has 0 atom stereocenters. The van der Waals surface area contributed by atoms with E-state index in [0.29, 0.717) is 56.3 Å². The summed E-state index contributed by atoms with van der Waals surface area (Å²) in [5.41, 5.74) is 5.03. The predicted octanol–water partition coefficient (Wildman–Crippen LogP) is 5.56. The molecule has 3 heterocycles. The number of ether oxygens (including phenoxy) is 2. The number of nitrogens with zero attached hydrogens (tertiary/aromatic N) is 3. The Morgan fingerprint density at radius 2 is 1.70 bits per heavy atom. The topological polar surface area (TPSA) is 81.1 Å². The lowest BCUT2D eigenvalue weighted by molar-refractivity contribution is -0.112. The summed E-state index contributed by atoms with van der Waals surface area (Å²) in [5, 5.41) is 1.01. The van der Waals surface area contributed by atoms with Crippen LogP contribution in [0.1, 0.15) is 37.5 Å². The number of carbonyl (C=O) groups excluding carboxylic acids is 1. The van der Waals surface area contributed by atoms with Crippen molar-refractivity contribution in [3.05, 3.63) is 89.6 Å². The van der Waals surface area contributed by atoms with Crippen LogP contribution in [-0.2, 0) is 31.5 Å². The van der Waals surface area contributed by atoms with Gasteiger partial charge in [-0.3, -0.25) is 4.79 Å². The van der Waals surface area contributed by atoms with Crippen molar-refractivity contribution in [3.8, 4) is 5.75 Å². The Hall–Kier alpha value is -3.92. The SMILES string of the molecule is CN1C(=O)/C(=C/c2cn(CCOc3ccc(C(C)(C)C)cc3)c3ccccc23)c2cc(S(=O)(=O)N3CCOCC3)ccc21. The van der Waals surface area contributed by atoms with Gasteiger partial charge in [0.2, 0.25) is 10.0 Å². The molecule has 3 aromatic carbocycles. The number of para-hydroxylation sites is 1. The van der Waals surface area contributed by atoms with Gasteiger partial charge in [0.1, 0.15) is 12.4 Å². The number of hydrogen-bond donors (Lipinski definition) is 0. The minimum Gasteiger partial charge on any atom is -0.492 e. The normalized spacial score (nSPS) is 17.2. The van der Waals surface area contributed by atoms with Crippen LogP contribution in [0, 0.1) is 0 Å². The lowest BCUT2D eigenvalue weighted by Gasteiger charge is -2.26. The van der Waals surface area contributed by atoms with Crippen molar-refractivity contribution in [2.45, 2.75) is 37.6 Å². The van der Waals surface area contributed by atoms with Crippen molar-refractivity contribution in [1.82, 2.24) is 8.87 Å². The molecule has 2 aliphatic heterocycles. The molecular weight excluding hydrogens is 562 g/mol. The monoisotopic (exact) mass is 599 g/mol. The Balaban J connectivity index is 1.29. The number of sulfonamides is 1. The summed E-state index contributed by atoms with van der Waals surface area (Å²) in [6, 6.07) is 21.2. The van der Waals surface area contributed by atoms with Gasteiger partial charge in [-0.05, 0) is 53.5 Å². The van der Waals surface area contributed by atoms with Crippen LogP contribution in [0.4, 0.5) is 5.69 Å². The first kappa shape index (κ1) is 29.2. The van der Waals surface area contributed by atoms with Crippen LogP contribution in [0.2, 0.25) is 0 Å². The summed E-state index contributed by atoms with van der Waals surface area (Å²) < 4.78 is 41.8. The maximum absolute atomic E-state index is 13.4. The molecule has 1 aromatic heterocycles.